The maximum atomic E-state index is 13.1. The lowest BCUT2D eigenvalue weighted by molar-refractivity contribution is 0.627. The molecule has 0 fully saturated rings. The second-order valence-electron chi connectivity index (χ2n) is 3.86. The van der Waals surface area contributed by atoms with E-state index in [4.69, 9.17) is 23.2 Å². The molecule has 0 heterocycles. The fourth-order valence-electron chi connectivity index (χ4n) is 1.62. The molecule has 2 aromatic rings. The molecule has 0 radical (unpaired) electrons. The smallest absolute Gasteiger partial charge is 0.141 e. The quantitative estimate of drug-likeness (QED) is 0.882. The van der Waals surface area contributed by atoms with Gasteiger partial charge in [0.1, 0.15) is 11.9 Å². The zero-order valence-corrected chi connectivity index (χ0v) is 11.2. The second kappa shape index (κ2) is 5.92. The van der Waals surface area contributed by atoms with Gasteiger partial charge in [-0.3, -0.25) is 0 Å². The summed E-state index contributed by atoms with van der Waals surface area (Å²) in [6.07, 6.45) is 0. The number of halogens is 3. The van der Waals surface area contributed by atoms with Crippen LogP contribution in [0.4, 0.5) is 10.1 Å². The van der Waals surface area contributed by atoms with Crippen molar-refractivity contribution in [1.82, 2.24) is 0 Å². The summed E-state index contributed by atoms with van der Waals surface area (Å²) in [6.45, 7) is 0. The fraction of sp³-hybridized carbons (Fsp3) is 0.0714. The minimum Gasteiger partial charge on any atom is -0.365 e. The van der Waals surface area contributed by atoms with Gasteiger partial charge in [-0.25, -0.2) is 4.39 Å². The monoisotopic (exact) mass is 294 g/mol. The standard InChI is InChI=1S/C14H9Cl2FN2/c15-10-3-1-2-4-13(10)19-14(8-18)9-5-6-12(17)11(16)7-9/h1-7,14,19H. The number of nitriles is 1. The van der Waals surface area contributed by atoms with E-state index in [2.05, 4.69) is 11.4 Å². The summed E-state index contributed by atoms with van der Waals surface area (Å²) < 4.78 is 13.1. The molecule has 0 aromatic heterocycles. The first-order chi connectivity index (χ1) is 9.11. The normalized spacial score (nSPS) is 11.7. The maximum Gasteiger partial charge on any atom is 0.141 e. The predicted molar refractivity (Wildman–Crippen MR) is 74.8 cm³/mol. The Bertz CT molecular complexity index is 638. The van der Waals surface area contributed by atoms with Gasteiger partial charge in [0.25, 0.3) is 0 Å². The van der Waals surface area contributed by atoms with E-state index in [1.54, 1.807) is 24.3 Å². The number of para-hydroxylation sites is 1. The first kappa shape index (κ1) is 13.7. The average molecular weight is 295 g/mol. The summed E-state index contributed by atoms with van der Waals surface area (Å²) in [5.74, 6) is -0.514. The molecule has 0 bridgehead atoms. The molecule has 1 atom stereocenters. The lowest BCUT2D eigenvalue weighted by Gasteiger charge is -2.14. The molecule has 1 unspecified atom stereocenters. The molecule has 19 heavy (non-hydrogen) atoms. The molecule has 96 valence electrons. The van der Waals surface area contributed by atoms with Crippen molar-refractivity contribution in [2.24, 2.45) is 0 Å². The van der Waals surface area contributed by atoms with Gasteiger partial charge in [-0.15, -0.1) is 0 Å². The molecular formula is C14H9Cl2FN2. The van der Waals surface area contributed by atoms with E-state index in [1.807, 2.05) is 0 Å². The Balaban J connectivity index is 2.28. The largest absolute Gasteiger partial charge is 0.365 e. The Morgan fingerprint density at radius 2 is 1.84 bits per heavy atom. The van der Waals surface area contributed by atoms with Crippen LogP contribution in [0.3, 0.4) is 0 Å². The fourth-order valence-corrected chi connectivity index (χ4v) is 2.00. The third-order valence-corrected chi connectivity index (χ3v) is 3.20. The highest BCUT2D eigenvalue weighted by Crippen LogP contribution is 2.27. The maximum absolute atomic E-state index is 13.1. The lowest BCUT2D eigenvalue weighted by Crippen LogP contribution is -2.09. The van der Waals surface area contributed by atoms with Gasteiger partial charge in [-0.2, -0.15) is 5.26 Å². The van der Waals surface area contributed by atoms with Crippen LogP contribution in [0.5, 0.6) is 0 Å². The number of rotatable bonds is 3. The third kappa shape index (κ3) is 3.17. The summed E-state index contributed by atoms with van der Waals surface area (Å²) in [5, 5.41) is 12.7. The van der Waals surface area contributed by atoms with Crippen LogP contribution >= 0.6 is 23.2 Å². The van der Waals surface area contributed by atoms with Crippen molar-refractivity contribution in [3.8, 4) is 6.07 Å². The molecule has 5 heteroatoms. The summed E-state index contributed by atoms with van der Waals surface area (Å²) >= 11 is 11.7. The Morgan fingerprint density at radius 3 is 2.47 bits per heavy atom. The summed E-state index contributed by atoms with van der Waals surface area (Å²) in [7, 11) is 0. The van der Waals surface area contributed by atoms with Gasteiger partial charge in [0.2, 0.25) is 0 Å². The van der Waals surface area contributed by atoms with Crippen LogP contribution in [0.15, 0.2) is 42.5 Å². The SMILES string of the molecule is N#CC(Nc1ccccc1Cl)c1ccc(F)c(Cl)c1. The van der Waals surface area contributed by atoms with E-state index < -0.39 is 11.9 Å². The van der Waals surface area contributed by atoms with Crippen LogP contribution in [0, 0.1) is 17.1 Å². The molecule has 2 aromatic carbocycles. The summed E-state index contributed by atoms with van der Waals surface area (Å²) in [5.41, 5.74) is 1.21. The Hall–Kier alpha value is -1.76. The van der Waals surface area contributed by atoms with Crippen LogP contribution in [-0.4, -0.2) is 0 Å². The first-order valence-corrected chi connectivity index (χ1v) is 6.23. The topological polar surface area (TPSA) is 35.8 Å². The zero-order valence-electron chi connectivity index (χ0n) is 9.70. The molecule has 0 amide bonds. The van der Waals surface area contributed by atoms with E-state index >= 15 is 0 Å². The van der Waals surface area contributed by atoms with Gasteiger partial charge in [-0.1, -0.05) is 41.4 Å². The number of nitrogens with one attached hydrogen (secondary N) is 1. The van der Waals surface area contributed by atoms with Crippen LogP contribution in [0.2, 0.25) is 10.0 Å². The highest BCUT2D eigenvalue weighted by atomic mass is 35.5. The molecular weight excluding hydrogens is 286 g/mol. The number of anilines is 1. The molecule has 0 aliphatic carbocycles. The molecule has 0 saturated heterocycles. The van der Waals surface area contributed by atoms with Crippen molar-refractivity contribution >= 4 is 28.9 Å². The van der Waals surface area contributed by atoms with Crippen LogP contribution in [-0.2, 0) is 0 Å². The highest BCUT2D eigenvalue weighted by molar-refractivity contribution is 6.33. The number of hydrogen-bond acceptors (Lipinski definition) is 2. The van der Waals surface area contributed by atoms with Crippen molar-refractivity contribution in [2.75, 3.05) is 5.32 Å². The van der Waals surface area contributed by atoms with E-state index in [-0.39, 0.29) is 5.02 Å². The number of nitrogens with zero attached hydrogens (tertiary/aromatic N) is 1. The molecule has 1 N–H and O–H groups in total. The van der Waals surface area contributed by atoms with Crippen LogP contribution in [0.1, 0.15) is 11.6 Å². The van der Waals surface area contributed by atoms with Crippen molar-refractivity contribution in [2.45, 2.75) is 6.04 Å². The van der Waals surface area contributed by atoms with Crippen LogP contribution < -0.4 is 5.32 Å². The summed E-state index contributed by atoms with van der Waals surface area (Å²) in [4.78, 5) is 0. The van der Waals surface area contributed by atoms with Crippen molar-refractivity contribution in [1.29, 1.82) is 5.26 Å². The van der Waals surface area contributed by atoms with E-state index in [1.165, 1.54) is 18.2 Å². The zero-order chi connectivity index (χ0) is 13.8. The Kier molecular flexibility index (Phi) is 4.26. The van der Waals surface area contributed by atoms with Crippen molar-refractivity contribution in [3.05, 3.63) is 63.9 Å². The first-order valence-electron chi connectivity index (χ1n) is 5.47. The van der Waals surface area contributed by atoms with Crippen molar-refractivity contribution < 1.29 is 4.39 Å². The van der Waals surface area contributed by atoms with Gasteiger partial charge in [0.15, 0.2) is 0 Å². The minimum absolute atomic E-state index is 0.0151. The Morgan fingerprint density at radius 1 is 1.11 bits per heavy atom. The van der Waals surface area contributed by atoms with Gasteiger partial charge < -0.3 is 5.32 Å². The summed E-state index contributed by atoms with van der Waals surface area (Å²) in [6, 6.07) is 12.7. The number of benzene rings is 2. The van der Waals surface area contributed by atoms with Crippen molar-refractivity contribution in [3.63, 3.8) is 0 Å². The Labute approximate surface area is 120 Å². The lowest BCUT2D eigenvalue weighted by atomic mass is 10.1. The third-order valence-electron chi connectivity index (χ3n) is 2.58. The van der Waals surface area contributed by atoms with E-state index in [0.717, 1.165) is 0 Å². The van der Waals surface area contributed by atoms with Crippen LogP contribution in [0.25, 0.3) is 0 Å². The van der Waals surface area contributed by atoms with Gasteiger partial charge in [-0.05, 0) is 29.8 Å². The highest BCUT2D eigenvalue weighted by Gasteiger charge is 2.13. The molecule has 0 saturated carbocycles. The van der Waals surface area contributed by atoms with Gasteiger partial charge >= 0.3 is 0 Å². The molecule has 2 rings (SSSR count). The number of hydrogen-bond donors (Lipinski definition) is 1. The minimum atomic E-state index is -0.655. The predicted octanol–water partition coefficient (Wildman–Crippen LogP) is 4.81. The average Bonchev–Trinajstić information content (AvgIpc) is 2.41. The molecule has 0 aliphatic heterocycles. The molecule has 0 spiro atoms. The van der Waals surface area contributed by atoms with E-state index in [9.17, 15) is 9.65 Å². The molecule has 2 nitrogen and oxygen atoms in total. The molecule has 0 aliphatic rings. The van der Waals surface area contributed by atoms with Gasteiger partial charge in [0.05, 0.1) is 21.8 Å². The van der Waals surface area contributed by atoms with E-state index in [0.29, 0.717) is 16.3 Å². The second-order valence-corrected chi connectivity index (χ2v) is 4.67. The van der Waals surface area contributed by atoms with Gasteiger partial charge in [0, 0.05) is 0 Å².